The molecular weight excluding hydrogens is 427 g/mol. The summed E-state index contributed by atoms with van der Waals surface area (Å²) in [7, 11) is -3.72. The number of halogens is 3. The smallest absolute Gasteiger partial charge is 0.363 e. The fourth-order valence-corrected chi connectivity index (χ4v) is 3.85. The minimum atomic E-state index is -4.71. The second-order valence-electron chi connectivity index (χ2n) is 6.42. The molecule has 0 aliphatic carbocycles. The zero-order chi connectivity index (χ0) is 21.5. The lowest BCUT2D eigenvalue weighted by Crippen LogP contribution is -2.27. The molecule has 0 fully saturated rings. The fraction of sp³-hybridized carbons (Fsp3) is 0.235. The van der Waals surface area contributed by atoms with E-state index in [0.717, 1.165) is 28.9 Å². The van der Waals surface area contributed by atoms with E-state index >= 15 is 0 Å². The fourth-order valence-electron chi connectivity index (χ4n) is 2.97. The van der Waals surface area contributed by atoms with Crippen LogP contribution in [-0.2, 0) is 22.7 Å². The summed E-state index contributed by atoms with van der Waals surface area (Å²) < 4.78 is 75.3. The highest BCUT2D eigenvalue weighted by atomic mass is 32.2. The Balaban J connectivity index is 1.54. The Hall–Kier alpha value is -3.19. The van der Waals surface area contributed by atoms with Crippen LogP contribution in [0.1, 0.15) is 11.5 Å². The molecular formula is C17H14F3N5O4S. The van der Waals surface area contributed by atoms with E-state index in [9.17, 15) is 21.6 Å². The number of nitrogens with zero attached hydrogens (tertiary/aromatic N) is 4. The normalized spacial score (nSPS) is 12.7. The molecule has 0 radical (unpaired) electrons. The van der Waals surface area contributed by atoms with Crippen molar-refractivity contribution in [2.75, 3.05) is 6.54 Å². The zero-order valence-electron chi connectivity index (χ0n) is 15.3. The van der Waals surface area contributed by atoms with E-state index in [0.29, 0.717) is 12.1 Å². The molecule has 1 aromatic carbocycles. The zero-order valence-corrected chi connectivity index (χ0v) is 16.2. The van der Waals surface area contributed by atoms with Gasteiger partial charge in [0.25, 0.3) is 0 Å². The largest absolute Gasteiger partial charge is 0.471 e. The third-order valence-corrected chi connectivity index (χ3v) is 5.78. The van der Waals surface area contributed by atoms with E-state index in [1.165, 1.54) is 0 Å². The summed E-state index contributed by atoms with van der Waals surface area (Å²) >= 11 is 0. The van der Waals surface area contributed by atoms with E-state index in [1.807, 2.05) is 17.7 Å². The quantitative estimate of drug-likeness (QED) is 0.489. The number of aromatic nitrogens is 4. The van der Waals surface area contributed by atoms with Gasteiger partial charge in [0, 0.05) is 35.8 Å². The van der Waals surface area contributed by atoms with Gasteiger partial charge in [-0.3, -0.25) is 0 Å². The Labute approximate surface area is 167 Å². The maximum absolute atomic E-state index is 12.7. The van der Waals surface area contributed by atoms with Crippen molar-refractivity contribution >= 4 is 20.9 Å². The van der Waals surface area contributed by atoms with Crippen molar-refractivity contribution in [1.29, 1.82) is 0 Å². The van der Waals surface area contributed by atoms with E-state index < -0.39 is 22.1 Å². The average molecular weight is 441 g/mol. The number of sulfonamides is 1. The lowest BCUT2D eigenvalue weighted by atomic mass is 10.1. The molecule has 0 saturated heterocycles. The summed E-state index contributed by atoms with van der Waals surface area (Å²) in [5, 5.41) is 7.53. The van der Waals surface area contributed by atoms with Crippen LogP contribution in [0.2, 0.25) is 0 Å². The van der Waals surface area contributed by atoms with Gasteiger partial charge in [0.05, 0.1) is 6.20 Å². The van der Waals surface area contributed by atoms with E-state index in [1.54, 1.807) is 18.2 Å². The summed E-state index contributed by atoms with van der Waals surface area (Å²) in [6, 6.07) is 4.94. The molecule has 0 atom stereocenters. The first-order valence-corrected chi connectivity index (χ1v) is 10.0. The minimum Gasteiger partial charge on any atom is -0.363 e. The Morgan fingerprint density at radius 2 is 2.07 bits per heavy atom. The van der Waals surface area contributed by atoms with Crippen LogP contribution in [0.4, 0.5) is 13.2 Å². The van der Waals surface area contributed by atoms with Gasteiger partial charge in [-0.25, -0.2) is 13.1 Å². The molecule has 158 valence electrons. The highest BCUT2D eigenvalue weighted by Crippen LogP contribution is 2.31. The number of nitrogens with one attached hydrogen (secondary N) is 1. The summed E-state index contributed by atoms with van der Waals surface area (Å²) in [6.07, 6.45) is -0.767. The molecule has 30 heavy (non-hydrogen) atoms. The second-order valence-corrected chi connectivity index (χ2v) is 8.18. The molecule has 0 bridgehead atoms. The molecule has 0 aliphatic rings. The van der Waals surface area contributed by atoms with Gasteiger partial charge in [-0.2, -0.15) is 18.2 Å². The number of fused-ring (bicyclic) bond motifs is 1. The van der Waals surface area contributed by atoms with E-state index in [-0.39, 0.29) is 17.3 Å². The first-order valence-electron chi connectivity index (χ1n) is 8.55. The van der Waals surface area contributed by atoms with Gasteiger partial charge < -0.3 is 13.6 Å². The maximum Gasteiger partial charge on any atom is 0.471 e. The monoisotopic (exact) mass is 441 g/mol. The predicted octanol–water partition coefficient (Wildman–Crippen LogP) is 2.99. The minimum absolute atomic E-state index is 0.0703. The molecule has 0 saturated carbocycles. The number of aryl methyl sites for hydroxylation is 1. The van der Waals surface area contributed by atoms with Crippen molar-refractivity contribution < 1.29 is 30.6 Å². The van der Waals surface area contributed by atoms with Gasteiger partial charge in [0.2, 0.25) is 15.8 Å². The standard InChI is InChI=1S/C17H14F3N5O4S/c1-10-8-25(5-4-22-30(26,27)12-7-21-28-9-12)14-3-2-11(6-13(10)14)15-23-16(29-24-15)17(18,19)20/h2-3,6-9,22H,4-5H2,1H3. The van der Waals surface area contributed by atoms with Crippen molar-refractivity contribution in [3.05, 3.63) is 48.3 Å². The third kappa shape index (κ3) is 3.80. The number of alkyl halides is 3. The lowest BCUT2D eigenvalue weighted by molar-refractivity contribution is -0.159. The van der Waals surface area contributed by atoms with Crippen LogP contribution in [0.5, 0.6) is 0 Å². The lowest BCUT2D eigenvalue weighted by Gasteiger charge is -2.07. The first kappa shape index (κ1) is 20.1. The molecule has 0 unspecified atom stereocenters. The number of rotatable bonds is 6. The molecule has 3 aromatic heterocycles. The predicted molar refractivity (Wildman–Crippen MR) is 96.7 cm³/mol. The Morgan fingerprint density at radius 3 is 2.73 bits per heavy atom. The topological polar surface area (TPSA) is 116 Å². The van der Waals surface area contributed by atoms with Crippen molar-refractivity contribution in [1.82, 2.24) is 24.6 Å². The van der Waals surface area contributed by atoms with Crippen LogP contribution < -0.4 is 4.72 Å². The van der Waals surface area contributed by atoms with Crippen LogP contribution in [-0.4, -0.2) is 34.8 Å². The van der Waals surface area contributed by atoms with Gasteiger partial charge in [0.1, 0.15) is 11.2 Å². The Morgan fingerprint density at radius 1 is 1.27 bits per heavy atom. The SMILES string of the molecule is Cc1cn(CCNS(=O)(=O)c2cnoc2)c2ccc(-c3noc(C(F)(F)F)n3)cc12. The van der Waals surface area contributed by atoms with Crippen LogP contribution in [0, 0.1) is 6.92 Å². The van der Waals surface area contributed by atoms with Crippen LogP contribution in [0.25, 0.3) is 22.3 Å². The number of benzene rings is 1. The van der Waals surface area contributed by atoms with Gasteiger partial charge in [0.15, 0.2) is 0 Å². The Bertz CT molecular complexity index is 1290. The second kappa shape index (κ2) is 7.25. The summed E-state index contributed by atoms with van der Waals surface area (Å²) in [4.78, 5) is 3.33. The maximum atomic E-state index is 12.7. The summed E-state index contributed by atoms with van der Waals surface area (Å²) in [6.45, 7) is 2.27. The number of hydrogen-bond donors (Lipinski definition) is 1. The van der Waals surface area contributed by atoms with Crippen molar-refractivity contribution in [2.45, 2.75) is 24.5 Å². The van der Waals surface area contributed by atoms with Crippen molar-refractivity contribution in [3.8, 4) is 11.4 Å². The van der Waals surface area contributed by atoms with Crippen molar-refractivity contribution in [2.24, 2.45) is 0 Å². The molecule has 13 heteroatoms. The molecule has 0 spiro atoms. The highest BCUT2D eigenvalue weighted by Gasteiger charge is 2.38. The summed E-state index contributed by atoms with van der Waals surface area (Å²) in [5.74, 6) is -1.58. The highest BCUT2D eigenvalue weighted by molar-refractivity contribution is 7.89. The van der Waals surface area contributed by atoms with Crippen LogP contribution in [0.15, 0.2) is 50.8 Å². The molecule has 4 aromatic rings. The van der Waals surface area contributed by atoms with Crippen LogP contribution >= 0.6 is 0 Å². The van der Waals surface area contributed by atoms with E-state index in [2.05, 4.69) is 29.1 Å². The van der Waals surface area contributed by atoms with E-state index in [4.69, 9.17) is 0 Å². The summed E-state index contributed by atoms with van der Waals surface area (Å²) in [5.41, 5.74) is 2.00. The van der Waals surface area contributed by atoms with Gasteiger partial charge in [-0.15, -0.1) is 0 Å². The molecule has 0 amide bonds. The van der Waals surface area contributed by atoms with Crippen molar-refractivity contribution in [3.63, 3.8) is 0 Å². The first-order chi connectivity index (χ1) is 14.1. The average Bonchev–Trinajstić information content (AvgIpc) is 3.42. The third-order valence-electron chi connectivity index (χ3n) is 4.37. The Kier molecular flexibility index (Phi) is 4.86. The molecule has 3 heterocycles. The molecule has 0 aliphatic heterocycles. The molecule has 1 N–H and O–H groups in total. The molecule has 9 nitrogen and oxygen atoms in total. The molecule has 4 rings (SSSR count). The van der Waals surface area contributed by atoms with Gasteiger partial charge in [-0.05, 0) is 30.7 Å². The number of hydrogen-bond acceptors (Lipinski definition) is 7. The van der Waals surface area contributed by atoms with Gasteiger partial charge in [-0.1, -0.05) is 10.3 Å². The van der Waals surface area contributed by atoms with Crippen LogP contribution in [0.3, 0.4) is 0 Å². The van der Waals surface area contributed by atoms with Gasteiger partial charge >= 0.3 is 12.1 Å².